The fraction of sp³-hybridized carbons (Fsp3) is 0.350. The molecule has 0 fully saturated rings. The SMILES string of the molecule is Cc1ccc(NC(=O)[C@@H](CC(C)C)NS(=O)(=O)c2ccc(F)cc2)cc1C. The molecule has 1 amide bonds. The van der Waals surface area contributed by atoms with Crippen LogP contribution in [0.25, 0.3) is 0 Å². The Morgan fingerprint density at radius 1 is 1.04 bits per heavy atom. The Bertz CT molecular complexity index is 909. The van der Waals surface area contributed by atoms with Gasteiger partial charge < -0.3 is 5.32 Å². The minimum absolute atomic E-state index is 0.0864. The average molecular weight is 392 g/mol. The van der Waals surface area contributed by atoms with Crippen molar-refractivity contribution in [3.05, 3.63) is 59.4 Å². The summed E-state index contributed by atoms with van der Waals surface area (Å²) in [5.41, 5.74) is 2.74. The second-order valence-electron chi connectivity index (χ2n) is 7.05. The van der Waals surface area contributed by atoms with Crippen molar-refractivity contribution in [2.75, 3.05) is 5.32 Å². The predicted octanol–water partition coefficient (Wildman–Crippen LogP) is 3.77. The molecule has 7 heteroatoms. The molecule has 5 nitrogen and oxygen atoms in total. The zero-order valence-corrected chi connectivity index (χ0v) is 16.7. The topological polar surface area (TPSA) is 75.3 Å². The maximum Gasteiger partial charge on any atom is 0.242 e. The number of anilines is 1. The molecule has 27 heavy (non-hydrogen) atoms. The van der Waals surface area contributed by atoms with Gasteiger partial charge in [-0.1, -0.05) is 19.9 Å². The van der Waals surface area contributed by atoms with E-state index in [2.05, 4.69) is 10.0 Å². The summed E-state index contributed by atoms with van der Waals surface area (Å²) >= 11 is 0. The molecule has 0 aliphatic heterocycles. The molecule has 1 atom stereocenters. The molecule has 0 unspecified atom stereocenters. The van der Waals surface area contributed by atoms with Crippen LogP contribution in [-0.2, 0) is 14.8 Å². The number of benzene rings is 2. The van der Waals surface area contributed by atoms with Crippen LogP contribution in [-0.4, -0.2) is 20.4 Å². The standard InChI is InChI=1S/C20H25FN2O3S/c1-13(2)11-19(20(24)22-17-8-5-14(3)15(4)12-17)23-27(25,26)18-9-6-16(21)7-10-18/h5-10,12-13,19,23H,11H2,1-4H3,(H,22,24)/t19-/m1/s1. The molecular weight excluding hydrogens is 367 g/mol. The number of rotatable bonds is 7. The van der Waals surface area contributed by atoms with Crippen molar-refractivity contribution in [3.8, 4) is 0 Å². The fourth-order valence-electron chi connectivity index (χ4n) is 2.60. The van der Waals surface area contributed by atoms with Crippen molar-refractivity contribution in [2.24, 2.45) is 5.92 Å². The van der Waals surface area contributed by atoms with Crippen molar-refractivity contribution in [1.29, 1.82) is 0 Å². The molecule has 2 N–H and O–H groups in total. The van der Waals surface area contributed by atoms with Crippen LogP contribution in [0.1, 0.15) is 31.4 Å². The highest BCUT2D eigenvalue weighted by molar-refractivity contribution is 7.89. The van der Waals surface area contributed by atoms with Gasteiger partial charge >= 0.3 is 0 Å². The van der Waals surface area contributed by atoms with Gasteiger partial charge in [-0.15, -0.1) is 0 Å². The molecule has 0 saturated carbocycles. The third kappa shape index (κ3) is 5.87. The van der Waals surface area contributed by atoms with Gasteiger partial charge in [0.2, 0.25) is 15.9 Å². The lowest BCUT2D eigenvalue weighted by atomic mass is 10.0. The summed E-state index contributed by atoms with van der Waals surface area (Å²) in [7, 11) is -3.95. The molecule has 2 rings (SSSR count). The van der Waals surface area contributed by atoms with Crippen LogP contribution in [0.5, 0.6) is 0 Å². The molecule has 2 aromatic rings. The minimum Gasteiger partial charge on any atom is -0.325 e. The molecular formula is C20H25FN2O3S. The van der Waals surface area contributed by atoms with Crippen LogP contribution in [0.3, 0.4) is 0 Å². The maximum atomic E-state index is 13.1. The van der Waals surface area contributed by atoms with Crippen molar-refractivity contribution < 1.29 is 17.6 Å². The monoisotopic (exact) mass is 392 g/mol. The van der Waals surface area contributed by atoms with Gasteiger partial charge in [0.15, 0.2) is 0 Å². The van der Waals surface area contributed by atoms with Crippen LogP contribution in [0, 0.1) is 25.6 Å². The lowest BCUT2D eigenvalue weighted by molar-refractivity contribution is -0.118. The third-order valence-electron chi connectivity index (χ3n) is 4.22. The van der Waals surface area contributed by atoms with E-state index in [0.717, 1.165) is 23.3 Å². The number of nitrogens with one attached hydrogen (secondary N) is 2. The van der Waals surface area contributed by atoms with E-state index < -0.39 is 27.8 Å². The van der Waals surface area contributed by atoms with Gasteiger partial charge in [-0.2, -0.15) is 4.72 Å². The van der Waals surface area contributed by atoms with E-state index in [9.17, 15) is 17.6 Å². The first-order chi connectivity index (χ1) is 12.6. The smallest absolute Gasteiger partial charge is 0.242 e. The van der Waals surface area contributed by atoms with Gasteiger partial charge in [0.25, 0.3) is 0 Å². The summed E-state index contributed by atoms with van der Waals surface area (Å²) in [6.45, 7) is 7.72. The summed E-state index contributed by atoms with van der Waals surface area (Å²) in [5.74, 6) is -0.866. The van der Waals surface area contributed by atoms with Crippen LogP contribution in [0.15, 0.2) is 47.4 Å². The molecule has 2 aromatic carbocycles. The summed E-state index contributed by atoms with van der Waals surface area (Å²) in [6, 6.07) is 9.06. The summed E-state index contributed by atoms with van der Waals surface area (Å²) in [6.07, 6.45) is 0.330. The van der Waals surface area contributed by atoms with Crippen molar-refractivity contribution in [2.45, 2.75) is 45.1 Å². The highest BCUT2D eigenvalue weighted by atomic mass is 32.2. The van der Waals surface area contributed by atoms with E-state index in [-0.39, 0.29) is 10.8 Å². The minimum atomic E-state index is -3.95. The molecule has 0 aliphatic rings. The molecule has 146 valence electrons. The van der Waals surface area contributed by atoms with E-state index in [1.54, 1.807) is 6.07 Å². The lowest BCUT2D eigenvalue weighted by Gasteiger charge is -2.20. The first-order valence-electron chi connectivity index (χ1n) is 8.74. The first-order valence-corrected chi connectivity index (χ1v) is 10.2. The Kier molecular flexibility index (Phi) is 6.73. The number of carbonyl (C=O) groups is 1. The normalized spacial score (nSPS) is 12.8. The molecule has 0 bridgehead atoms. The van der Waals surface area contributed by atoms with E-state index in [1.165, 1.54) is 12.1 Å². The Balaban J connectivity index is 2.21. The summed E-state index contributed by atoms with van der Waals surface area (Å²) in [5, 5.41) is 2.77. The Labute approximate surface area is 160 Å². The van der Waals surface area contributed by atoms with Crippen molar-refractivity contribution in [1.82, 2.24) is 4.72 Å². The molecule has 0 aromatic heterocycles. The zero-order chi connectivity index (χ0) is 20.2. The largest absolute Gasteiger partial charge is 0.325 e. The van der Waals surface area contributed by atoms with Gasteiger partial charge in [-0.3, -0.25) is 4.79 Å². The van der Waals surface area contributed by atoms with E-state index in [1.807, 2.05) is 39.8 Å². The Hall–Kier alpha value is -2.25. The number of hydrogen-bond acceptors (Lipinski definition) is 3. The average Bonchev–Trinajstić information content (AvgIpc) is 2.57. The molecule has 0 heterocycles. The predicted molar refractivity (Wildman–Crippen MR) is 105 cm³/mol. The van der Waals surface area contributed by atoms with Gasteiger partial charge in [-0.25, -0.2) is 12.8 Å². The lowest BCUT2D eigenvalue weighted by Crippen LogP contribution is -2.44. The zero-order valence-electron chi connectivity index (χ0n) is 15.9. The van der Waals surface area contributed by atoms with E-state index >= 15 is 0 Å². The first kappa shape index (κ1) is 21.1. The van der Waals surface area contributed by atoms with Crippen LogP contribution >= 0.6 is 0 Å². The highest BCUT2D eigenvalue weighted by Gasteiger charge is 2.26. The Morgan fingerprint density at radius 3 is 2.22 bits per heavy atom. The number of sulfonamides is 1. The van der Waals surface area contributed by atoms with E-state index in [4.69, 9.17) is 0 Å². The van der Waals surface area contributed by atoms with Gasteiger partial charge in [0.1, 0.15) is 11.9 Å². The second-order valence-corrected chi connectivity index (χ2v) is 8.76. The van der Waals surface area contributed by atoms with Gasteiger partial charge in [-0.05, 0) is 73.7 Å². The molecule has 0 saturated heterocycles. The van der Waals surface area contributed by atoms with Crippen molar-refractivity contribution in [3.63, 3.8) is 0 Å². The number of carbonyl (C=O) groups excluding carboxylic acids is 1. The van der Waals surface area contributed by atoms with Gasteiger partial charge in [0, 0.05) is 5.69 Å². The van der Waals surface area contributed by atoms with Crippen LogP contribution in [0.2, 0.25) is 0 Å². The summed E-state index contributed by atoms with van der Waals surface area (Å²) < 4.78 is 40.7. The Morgan fingerprint density at radius 2 is 1.67 bits per heavy atom. The number of aryl methyl sites for hydroxylation is 2. The maximum absolute atomic E-state index is 13.1. The number of amides is 1. The van der Waals surface area contributed by atoms with Crippen LogP contribution in [0.4, 0.5) is 10.1 Å². The quantitative estimate of drug-likeness (QED) is 0.753. The molecule has 0 radical (unpaired) electrons. The molecule has 0 aliphatic carbocycles. The number of halogens is 1. The van der Waals surface area contributed by atoms with E-state index in [0.29, 0.717) is 12.1 Å². The van der Waals surface area contributed by atoms with Crippen LogP contribution < -0.4 is 10.0 Å². The second kappa shape index (κ2) is 8.63. The van der Waals surface area contributed by atoms with Gasteiger partial charge in [0.05, 0.1) is 4.90 Å². The molecule has 0 spiro atoms. The number of hydrogen-bond donors (Lipinski definition) is 2. The fourth-order valence-corrected chi connectivity index (χ4v) is 3.81. The highest BCUT2D eigenvalue weighted by Crippen LogP contribution is 2.17. The summed E-state index contributed by atoms with van der Waals surface area (Å²) in [4.78, 5) is 12.6. The van der Waals surface area contributed by atoms with Crippen molar-refractivity contribution >= 4 is 21.6 Å². The third-order valence-corrected chi connectivity index (χ3v) is 5.71.